The number of halogens is 1. The molecule has 126 valence electrons. The predicted octanol–water partition coefficient (Wildman–Crippen LogP) is 2.06. The van der Waals surface area contributed by atoms with Gasteiger partial charge in [-0.15, -0.1) is 0 Å². The fourth-order valence-corrected chi connectivity index (χ4v) is 3.88. The van der Waals surface area contributed by atoms with Crippen LogP contribution in [0.3, 0.4) is 0 Å². The molecular formula is C15H13BrN2O5S. The Morgan fingerprint density at radius 2 is 1.67 bits per heavy atom. The van der Waals surface area contributed by atoms with Gasteiger partial charge in [0.25, 0.3) is 15.9 Å². The maximum absolute atomic E-state index is 12.3. The third-order valence-electron chi connectivity index (χ3n) is 2.93. The number of aliphatic carboxylic acids is 1. The quantitative estimate of drug-likeness (QED) is 0.671. The number of carboxylic acids is 1. The standard InChI is InChI=1S/C15H13BrN2O5S/c16-12-3-1-2-4-13(12)24(22,23)18-11-7-5-10(6-8-11)15(21)17-9-14(19)20/h1-8,18H,9H2,(H,17,21)(H,19,20). The van der Waals surface area contributed by atoms with Gasteiger partial charge in [-0.3, -0.25) is 14.3 Å². The second-order valence-corrected chi connectivity index (χ2v) is 7.19. The number of benzene rings is 2. The highest BCUT2D eigenvalue weighted by molar-refractivity contribution is 9.10. The van der Waals surface area contributed by atoms with Crippen LogP contribution in [0, 0.1) is 0 Å². The van der Waals surface area contributed by atoms with Gasteiger partial charge in [-0.25, -0.2) is 8.42 Å². The lowest BCUT2D eigenvalue weighted by molar-refractivity contribution is -0.135. The van der Waals surface area contributed by atoms with Crippen LogP contribution in [0.4, 0.5) is 5.69 Å². The Balaban J connectivity index is 2.13. The summed E-state index contributed by atoms with van der Waals surface area (Å²) in [5.41, 5.74) is 0.501. The number of nitrogens with one attached hydrogen (secondary N) is 2. The molecule has 0 radical (unpaired) electrons. The molecule has 0 atom stereocenters. The summed E-state index contributed by atoms with van der Waals surface area (Å²) in [5.74, 6) is -1.71. The Hall–Kier alpha value is -2.39. The average Bonchev–Trinajstić information content (AvgIpc) is 2.53. The van der Waals surface area contributed by atoms with E-state index in [0.29, 0.717) is 4.47 Å². The summed E-state index contributed by atoms with van der Waals surface area (Å²) in [4.78, 5) is 22.2. The number of hydrogen-bond acceptors (Lipinski definition) is 4. The van der Waals surface area contributed by atoms with Crippen molar-refractivity contribution in [1.29, 1.82) is 0 Å². The summed E-state index contributed by atoms with van der Waals surface area (Å²) in [7, 11) is -3.77. The number of hydrogen-bond donors (Lipinski definition) is 3. The van der Waals surface area contributed by atoms with Gasteiger partial charge in [-0.05, 0) is 52.3 Å². The van der Waals surface area contributed by atoms with Crippen molar-refractivity contribution in [3.05, 3.63) is 58.6 Å². The number of anilines is 1. The summed E-state index contributed by atoms with van der Waals surface area (Å²) in [5, 5.41) is 10.7. The SMILES string of the molecule is O=C(O)CNC(=O)c1ccc(NS(=O)(=O)c2ccccc2Br)cc1. The maximum Gasteiger partial charge on any atom is 0.322 e. The largest absolute Gasteiger partial charge is 0.480 e. The Bertz CT molecular complexity index is 866. The van der Waals surface area contributed by atoms with Crippen LogP contribution in [0.2, 0.25) is 0 Å². The van der Waals surface area contributed by atoms with Crippen LogP contribution in [0.5, 0.6) is 0 Å². The number of carbonyl (C=O) groups is 2. The molecular weight excluding hydrogens is 400 g/mol. The topological polar surface area (TPSA) is 113 Å². The van der Waals surface area contributed by atoms with Crippen LogP contribution in [-0.2, 0) is 14.8 Å². The molecule has 0 aromatic heterocycles. The number of carboxylic acid groups (broad SMARTS) is 1. The summed E-state index contributed by atoms with van der Waals surface area (Å²) in [6.45, 7) is -0.491. The second-order valence-electron chi connectivity index (χ2n) is 4.69. The molecule has 0 saturated carbocycles. The van der Waals surface area contributed by atoms with Crippen LogP contribution in [0.15, 0.2) is 57.9 Å². The molecule has 9 heteroatoms. The first-order valence-corrected chi connectivity index (χ1v) is 8.94. The van der Waals surface area contributed by atoms with Crippen molar-refractivity contribution < 1.29 is 23.1 Å². The van der Waals surface area contributed by atoms with E-state index in [4.69, 9.17) is 5.11 Å². The van der Waals surface area contributed by atoms with Crippen molar-refractivity contribution in [2.45, 2.75) is 4.90 Å². The van der Waals surface area contributed by atoms with E-state index in [-0.39, 0.29) is 16.1 Å². The molecule has 3 N–H and O–H groups in total. The van der Waals surface area contributed by atoms with Crippen LogP contribution in [-0.4, -0.2) is 31.9 Å². The molecule has 0 unspecified atom stereocenters. The number of carbonyl (C=O) groups excluding carboxylic acids is 1. The Morgan fingerprint density at radius 1 is 1.04 bits per heavy atom. The van der Waals surface area contributed by atoms with Crippen molar-refractivity contribution in [3.63, 3.8) is 0 Å². The molecule has 0 spiro atoms. The monoisotopic (exact) mass is 412 g/mol. The van der Waals surface area contributed by atoms with Crippen LogP contribution >= 0.6 is 15.9 Å². The third-order valence-corrected chi connectivity index (χ3v) is 5.32. The number of sulfonamides is 1. The van der Waals surface area contributed by atoms with Gasteiger partial charge in [0.05, 0.1) is 0 Å². The lowest BCUT2D eigenvalue weighted by Crippen LogP contribution is -2.29. The smallest absolute Gasteiger partial charge is 0.322 e. The Labute approximate surface area is 146 Å². The lowest BCUT2D eigenvalue weighted by Gasteiger charge is -2.10. The van der Waals surface area contributed by atoms with Crippen molar-refractivity contribution in [3.8, 4) is 0 Å². The molecule has 2 aromatic rings. The summed E-state index contributed by atoms with van der Waals surface area (Å²) >= 11 is 3.18. The molecule has 0 aliphatic carbocycles. The fourth-order valence-electron chi connectivity index (χ4n) is 1.82. The third kappa shape index (κ3) is 4.56. The zero-order valence-corrected chi connectivity index (χ0v) is 14.6. The number of rotatable bonds is 6. The van der Waals surface area contributed by atoms with Gasteiger partial charge >= 0.3 is 5.97 Å². The molecule has 0 aliphatic rings. The molecule has 24 heavy (non-hydrogen) atoms. The average molecular weight is 413 g/mol. The van der Waals surface area contributed by atoms with E-state index in [1.807, 2.05) is 0 Å². The highest BCUT2D eigenvalue weighted by Gasteiger charge is 2.17. The highest BCUT2D eigenvalue weighted by Crippen LogP contribution is 2.23. The molecule has 0 fully saturated rings. The molecule has 2 aromatic carbocycles. The lowest BCUT2D eigenvalue weighted by atomic mass is 10.2. The van der Waals surface area contributed by atoms with E-state index in [0.717, 1.165) is 0 Å². The van der Waals surface area contributed by atoms with Crippen molar-refractivity contribution in [1.82, 2.24) is 5.32 Å². The van der Waals surface area contributed by atoms with Gasteiger partial charge in [0.15, 0.2) is 0 Å². The maximum atomic E-state index is 12.3. The normalized spacial score (nSPS) is 10.9. The first-order chi connectivity index (χ1) is 11.3. The summed E-state index contributed by atoms with van der Waals surface area (Å²) < 4.78 is 27.5. The minimum atomic E-state index is -3.77. The molecule has 7 nitrogen and oxygen atoms in total. The van der Waals surface area contributed by atoms with Crippen LogP contribution < -0.4 is 10.0 Å². The number of amides is 1. The van der Waals surface area contributed by atoms with E-state index in [9.17, 15) is 18.0 Å². The van der Waals surface area contributed by atoms with E-state index in [1.165, 1.54) is 30.3 Å². The molecule has 0 aliphatic heterocycles. The molecule has 1 amide bonds. The molecule has 2 rings (SSSR count). The minimum absolute atomic E-state index is 0.0910. The van der Waals surface area contributed by atoms with Gasteiger partial charge in [-0.1, -0.05) is 12.1 Å². The Morgan fingerprint density at radius 3 is 2.25 bits per heavy atom. The van der Waals surface area contributed by atoms with Gasteiger partial charge in [0, 0.05) is 15.7 Å². The Kier molecular flexibility index (Phi) is 5.58. The van der Waals surface area contributed by atoms with Gasteiger partial charge in [-0.2, -0.15) is 0 Å². The van der Waals surface area contributed by atoms with Crippen molar-refractivity contribution >= 4 is 43.5 Å². The zero-order valence-electron chi connectivity index (χ0n) is 12.2. The minimum Gasteiger partial charge on any atom is -0.480 e. The van der Waals surface area contributed by atoms with E-state index >= 15 is 0 Å². The van der Waals surface area contributed by atoms with E-state index in [2.05, 4.69) is 26.0 Å². The van der Waals surface area contributed by atoms with Crippen molar-refractivity contribution in [2.24, 2.45) is 0 Å². The summed E-state index contributed by atoms with van der Waals surface area (Å²) in [6.07, 6.45) is 0. The predicted molar refractivity (Wildman–Crippen MR) is 91.4 cm³/mol. The van der Waals surface area contributed by atoms with E-state index in [1.54, 1.807) is 18.2 Å². The molecule has 0 saturated heterocycles. The first kappa shape index (κ1) is 18.0. The molecule has 0 bridgehead atoms. The van der Waals surface area contributed by atoms with Gasteiger partial charge < -0.3 is 10.4 Å². The second kappa shape index (κ2) is 7.45. The first-order valence-electron chi connectivity index (χ1n) is 6.67. The fraction of sp³-hybridized carbons (Fsp3) is 0.0667. The molecule has 0 heterocycles. The zero-order chi connectivity index (χ0) is 17.7. The van der Waals surface area contributed by atoms with Gasteiger partial charge in [0.2, 0.25) is 0 Å². The van der Waals surface area contributed by atoms with Crippen LogP contribution in [0.1, 0.15) is 10.4 Å². The van der Waals surface area contributed by atoms with E-state index < -0.39 is 28.4 Å². The highest BCUT2D eigenvalue weighted by atomic mass is 79.9. The van der Waals surface area contributed by atoms with Crippen LogP contribution in [0.25, 0.3) is 0 Å². The van der Waals surface area contributed by atoms with Crippen molar-refractivity contribution in [2.75, 3.05) is 11.3 Å². The summed E-state index contributed by atoms with van der Waals surface area (Å²) in [6, 6.07) is 12.0. The van der Waals surface area contributed by atoms with Gasteiger partial charge in [0.1, 0.15) is 11.4 Å².